The third kappa shape index (κ3) is 4.16. The van der Waals surface area contributed by atoms with Crippen LogP contribution in [0.25, 0.3) is 0 Å². The number of phosphoric acid groups is 1. The maximum Gasteiger partial charge on any atom is 1.00 e. The van der Waals surface area contributed by atoms with Gasteiger partial charge >= 0.3 is 26.7 Å². The zero-order valence-corrected chi connectivity index (χ0v) is 6.97. The second-order valence-electron chi connectivity index (χ2n) is 0.995. The van der Waals surface area contributed by atoms with E-state index in [9.17, 15) is 4.57 Å². The number of hydrogen-bond donors (Lipinski definition) is 0. The third-order valence-electron chi connectivity index (χ3n) is 0.671. The maximum absolute atomic E-state index is 10.7. The summed E-state index contributed by atoms with van der Waals surface area (Å²) in [6, 6.07) is 0. The molecular weight excluding hydrogens is 138 g/mol. The van der Waals surface area contributed by atoms with Gasteiger partial charge in [-0.25, -0.2) is 4.57 Å². The molecule has 0 bridgehead atoms. The molecule has 0 saturated heterocycles. The van der Waals surface area contributed by atoms with Crippen molar-refractivity contribution in [2.45, 2.75) is 0 Å². The molecule has 0 spiro atoms. The Hall–Kier alpha value is 0.707. The minimum Gasteiger partial charge on any atom is -1.00 e. The topological polar surface area (TPSA) is 44.8 Å². The van der Waals surface area contributed by atoms with Gasteiger partial charge in [-0.1, -0.05) is 0 Å². The summed E-state index contributed by atoms with van der Waals surface area (Å²) in [4.78, 5) is 0. The molecule has 0 aromatic rings. The molecule has 0 fully saturated rings. The second-order valence-corrected chi connectivity index (χ2v) is 2.98. The van der Waals surface area contributed by atoms with E-state index in [0.29, 0.717) is 0 Å². The fraction of sp³-hybridized carbons (Fsp3) is 1.00. The molecule has 9 heavy (non-hydrogen) atoms. The van der Waals surface area contributed by atoms with Crippen LogP contribution in [-0.2, 0) is 18.1 Å². The van der Waals surface area contributed by atoms with E-state index in [0.717, 1.165) is 0 Å². The molecule has 4 nitrogen and oxygen atoms in total. The van der Waals surface area contributed by atoms with E-state index in [2.05, 4.69) is 13.6 Å². The van der Waals surface area contributed by atoms with Crippen molar-refractivity contribution in [3.05, 3.63) is 0 Å². The van der Waals surface area contributed by atoms with Gasteiger partial charge in [-0.2, -0.15) is 0 Å². The van der Waals surface area contributed by atoms with Gasteiger partial charge in [0.25, 0.3) is 0 Å². The van der Waals surface area contributed by atoms with Crippen LogP contribution in [0.4, 0.5) is 0 Å². The molecule has 0 N–H and O–H groups in total. The summed E-state index contributed by atoms with van der Waals surface area (Å²) in [6.07, 6.45) is 0. The summed E-state index contributed by atoms with van der Waals surface area (Å²) < 4.78 is 23.7. The molecule has 52 valence electrons. The van der Waals surface area contributed by atoms with Crippen LogP contribution in [0.1, 0.15) is 1.43 Å². The Bertz CT molecular complexity index is 91.7. The Balaban J connectivity index is -0.000000245. The van der Waals surface area contributed by atoms with Crippen LogP contribution in [0.5, 0.6) is 0 Å². The fourth-order valence-corrected chi connectivity index (χ4v) is 0.671. The molecule has 0 saturated carbocycles. The zero-order chi connectivity index (χ0) is 6.62. The van der Waals surface area contributed by atoms with Crippen LogP contribution < -0.4 is 18.9 Å². The van der Waals surface area contributed by atoms with Gasteiger partial charge in [-0.3, -0.25) is 13.6 Å². The Morgan fingerprint density at radius 2 is 1.33 bits per heavy atom. The molecule has 6 heteroatoms. The first kappa shape index (κ1) is 12.4. The first-order chi connectivity index (χ1) is 3.68. The van der Waals surface area contributed by atoms with Gasteiger partial charge < -0.3 is 1.43 Å². The fourth-order valence-electron chi connectivity index (χ4n) is 0.224. The van der Waals surface area contributed by atoms with Crippen LogP contribution in [-0.4, -0.2) is 21.3 Å². The summed E-state index contributed by atoms with van der Waals surface area (Å²) >= 11 is 0. The van der Waals surface area contributed by atoms with Gasteiger partial charge in [-0.05, 0) is 0 Å². The first-order valence-electron chi connectivity index (χ1n) is 1.96. The minimum absolute atomic E-state index is 0. The minimum atomic E-state index is -3.16. The molecule has 0 aliphatic rings. The van der Waals surface area contributed by atoms with Gasteiger partial charge in [0.2, 0.25) is 0 Å². The van der Waals surface area contributed by atoms with Crippen molar-refractivity contribution in [1.29, 1.82) is 0 Å². The van der Waals surface area contributed by atoms with Crippen LogP contribution in [0.2, 0.25) is 0 Å². The maximum atomic E-state index is 10.7. The van der Waals surface area contributed by atoms with E-state index in [4.69, 9.17) is 0 Å². The van der Waals surface area contributed by atoms with E-state index < -0.39 is 7.82 Å². The second kappa shape index (κ2) is 5.49. The van der Waals surface area contributed by atoms with E-state index in [1.54, 1.807) is 0 Å². The van der Waals surface area contributed by atoms with Gasteiger partial charge in [0, 0.05) is 21.3 Å². The van der Waals surface area contributed by atoms with Crippen LogP contribution >= 0.6 is 7.82 Å². The molecule has 0 heterocycles. The van der Waals surface area contributed by atoms with E-state index in [1.807, 2.05) is 0 Å². The Labute approximate surface area is 68.1 Å². The molecule has 0 unspecified atom stereocenters. The third-order valence-corrected chi connectivity index (χ3v) is 2.01. The van der Waals surface area contributed by atoms with Gasteiger partial charge in [-0.15, -0.1) is 0 Å². The predicted molar refractivity (Wildman–Crippen MR) is 29.7 cm³/mol. The Morgan fingerprint density at radius 3 is 1.33 bits per heavy atom. The normalized spacial score (nSPS) is 10.6. The molecule has 0 aliphatic heterocycles. The standard InChI is InChI=1S/C3H9O4P.Li.H/c1-5-8(4,6-2)7-3;;/h1-3H3;;/q;+1;-1. The van der Waals surface area contributed by atoms with E-state index in [1.165, 1.54) is 21.3 Å². The van der Waals surface area contributed by atoms with Gasteiger partial charge in [0.05, 0.1) is 0 Å². The molecule has 0 aromatic heterocycles. The van der Waals surface area contributed by atoms with E-state index >= 15 is 0 Å². The van der Waals surface area contributed by atoms with Crippen LogP contribution in [0, 0.1) is 0 Å². The quantitative estimate of drug-likeness (QED) is 0.348. The molecule has 0 aliphatic carbocycles. The zero-order valence-electron chi connectivity index (χ0n) is 7.08. The van der Waals surface area contributed by atoms with Crippen molar-refractivity contribution in [3.8, 4) is 0 Å². The summed E-state index contributed by atoms with van der Waals surface area (Å²) in [6.45, 7) is 0. The predicted octanol–water partition coefficient (Wildman–Crippen LogP) is -1.85. The van der Waals surface area contributed by atoms with Crippen molar-refractivity contribution in [2.24, 2.45) is 0 Å². The number of phosphoric ester groups is 1. The molecule has 0 atom stereocenters. The molecule has 0 amide bonds. The average molecular weight is 148 g/mol. The SMILES string of the molecule is COP(=O)(OC)OC.[H-].[Li+]. The monoisotopic (exact) mass is 148 g/mol. The molecule has 0 radical (unpaired) electrons. The Kier molecular flexibility index (Phi) is 7.56. The summed E-state index contributed by atoms with van der Waals surface area (Å²) in [7, 11) is 0.611. The van der Waals surface area contributed by atoms with Crippen molar-refractivity contribution >= 4 is 7.82 Å². The van der Waals surface area contributed by atoms with Crippen molar-refractivity contribution in [2.75, 3.05) is 21.3 Å². The largest absolute Gasteiger partial charge is 1.00 e. The first-order valence-corrected chi connectivity index (χ1v) is 3.42. The molecule has 0 aromatic carbocycles. The van der Waals surface area contributed by atoms with Crippen LogP contribution in [0.3, 0.4) is 0 Å². The summed E-state index contributed by atoms with van der Waals surface area (Å²) in [5.74, 6) is 0. The van der Waals surface area contributed by atoms with Gasteiger partial charge in [0.15, 0.2) is 0 Å². The summed E-state index contributed by atoms with van der Waals surface area (Å²) in [5, 5.41) is 0. The number of hydrogen-bond acceptors (Lipinski definition) is 4. The van der Waals surface area contributed by atoms with Crippen molar-refractivity contribution in [3.63, 3.8) is 0 Å². The van der Waals surface area contributed by atoms with E-state index in [-0.39, 0.29) is 20.3 Å². The summed E-state index contributed by atoms with van der Waals surface area (Å²) in [5.41, 5.74) is 0. The average Bonchev–Trinajstić information content (AvgIpc) is 1.87. The Morgan fingerprint density at radius 1 is 1.11 bits per heavy atom. The van der Waals surface area contributed by atoms with Gasteiger partial charge in [0.1, 0.15) is 0 Å². The van der Waals surface area contributed by atoms with Crippen molar-refractivity contribution < 1.29 is 38.4 Å². The van der Waals surface area contributed by atoms with Crippen LogP contribution in [0.15, 0.2) is 0 Å². The molecule has 0 rings (SSSR count). The molecular formula is C3H10LiO4P. The van der Waals surface area contributed by atoms with Crippen molar-refractivity contribution in [1.82, 2.24) is 0 Å². The number of rotatable bonds is 3. The smallest absolute Gasteiger partial charge is 1.00 e.